The number of sulfonamides is 2. The Labute approximate surface area is 131 Å². The van der Waals surface area contributed by atoms with Gasteiger partial charge in [-0.15, -0.1) is 0 Å². The highest BCUT2D eigenvalue weighted by atomic mass is 35.5. The van der Waals surface area contributed by atoms with Crippen molar-refractivity contribution in [3.05, 3.63) is 17.2 Å². The highest BCUT2D eigenvalue weighted by molar-refractivity contribution is 7.90. The van der Waals surface area contributed by atoms with E-state index in [4.69, 9.17) is 16.7 Å². The number of nitrogens with one attached hydrogen (secondary N) is 2. The molecular weight excluding hydrogens is 358 g/mol. The number of benzene rings is 1. The molecule has 1 unspecified atom stereocenters. The topological polar surface area (TPSA) is 145 Å². The van der Waals surface area contributed by atoms with Crippen LogP contribution in [0.3, 0.4) is 0 Å². The molecule has 9 nitrogen and oxygen atoms in total. The van der Waals surface area contributed by atoms with Crippen LogP contribution in [-0.4, -0.2) is 35.6 Å². The van der Waals surface area contributed by atoms with Crippen molar-refractivity contribution in [3.63, 3.8) is 0 Å². The Bertz CT molecular complexity index is 867. The molecule has 1 atom stereocenters. The van der Waals surface area contributed by atoms with Crippen molar-refractivity contribution in [3.8, 4) is 0 Å². The van der Waals surface area contributed by atoms with Crippen molar-refractivity contribution < 1.29 is 26.4 Å². The van der Waals surface area contributed by atoms with Gasteiger partial charge in [-0.1, -0.05) is 11.6 Å². The molecular formula is C10H12ClN3O6S2. The summed E-state index contributed by atoms with van der Waals surface area (Å²) in [7, 11) is -7.31. The summed E-state index contributed by atoms with van der Waals surface area (Å²) in [5.41, 5.74) is -1.81. The van der Waals surface area contributed by atoms with E-state index in [1.807, 2.05) is 0 Å². The highest BCUT2D eigenvalue weighted by Crippen LogP contribution is 2.35. The molecule has 1 aromatic rings. The molecule has 22 heavy (non-hydrogen) atoms. The first kappa shape index (κ1) is 17.0. The number of nitrogens with two attached hydrogens (primary N) is 1. The molecule has 0 fully saturated rings. The number of ether oxygens (including phenoxy) is 1. The first-order valence-electron chi connectivity index (χ1n) is 5.67. The molecule has 1 aliphatic heterocycles. The van der Waals surface area contributed by atoms with Gasteiger partial charge in [0, 0.05) is 0 Å². The minimum absolute atomic E-state index is 0.0518. The zero-order valence-electron chi connectivity index (χ0n) is 11.4. The van der Waals surface area contributed by atoms with Crippen LogP contribution in [-0.2, 0) is 29.6 Å². The molecule has 0 saturated carbocycles. The lowest BCUT2D eigenvalue weighted by molar-refractivity contribution is -0.145. The van der Waals surface area contributed by atoms with Crippen molar-refractivity contribution in [2.45, 2.75) is 22.4 Å². The van der Waals surface area contributed by atoms with E-state index < -0.39 is 41.5 Å². The molecule has 1 heterocycles. The maximum Gasteiger partial charge on any atom is 0.347 e. The van der Waals surface area contributed by atoms with Crippen molar-refractivity contribution in [2.24, 2.45) is 5.14 Å². The third-order valence-electron chi connectivity index (χ3n) is 2.95. The standard InChI is InChI=1S/C10H12ClN3O6S2/c1-10(9(15)20-2)13-6-3-5(11)7(21(12,16)17)4-8(6)22(18,19)14-10/h3-4,13-14H,1-2H3,(H2,12,16,17). The predicted octanol–water partition coefficient (Wildman–Crippen LogP) is -0.420. The predicted molar refractivity (Wildman–Crippen MR) is 77.2 cm³/mol. The fraction of sp³-hybridized carbons (Fsp3) is 0.300. The van der Waals surface area contributed by atoms with Gasteiger partial charge in [0.2, 0.25) is 20.0 Å². The van der Waals surface area contributed by atoms with Crippen LogP contribution in [0.4, 0.5) is 5.69 Å². The van der Waals surface area contributed by atoms with Gasteiger partial charge in [0.25, 0.3) is 0 Å². The molecule has 0 spiro atoms. The zero-order chi connectivity index (χ0) is 16.9. The van der Waals surface area contributed by atoms with Crippen LogP contribution in [0.5, 0.6) is 0 Å². The van der Waals surface area contributed by atoms with Crippen molar-refractivity contribution in [2.75, 3.05) is 12.4 Å². The van der Waals surface area contributed by atoms with Gasteiger partial charge in [-0.3, -0.25) is 0 Å². The van der Waals surface area contributed by atoms with E-state index in [0.717, 1.165) is 19.2 Å². The second-order valence-electron chi connectivity index (χ2n) is 4.67. The Morgan fingerprint density at radius 1 is 1.41 bits per heavy atom. The first-order chi connectivity index (χ1) is 9.90. The number of halogens is 1. The molecule has 0 amide bonds. The van der Waals surface area contributed by atoms with Crippen LogP contribution in [0, 0.1) is 0 Å². The fourth-order valence-electron chi connectivity index (χ4n) is 1.99. The third-order valence-corrected chi connectivity index (χ3v) is 5.92. The summed E-state index contributed by atoms with van der Waals surface area (Å²) in [5, 5.41) is 7.32. The second-order valence-corrected chi connectivity index (χ2v) is 8.26. The average molecular weight is 370 g/mol. The number of rotatable bonds is 2. The number of hydrogen-bond donors (Lipinski definition) is 3. The van der Waals surface area contributed by atoms with Gasteiger partial charge in [0.1, 0.15) is 9.79 Å². The molecule has 4 N–H and O–H groups in total. The molecule has 0 aliphatic carbocycles. The number of hydrogen-bond acceptors (Lipinski definition) is 7. The molecule has 0 saturated heterocycles. The number of primary sulfonamides is 1. The Hall–Kier alpha value is -1.40. The number of carbonyl (C=O) groups excluding carboxylic acids is 1. The minimum atomic E-state index is -4.21. The average Bonchev–Trinajstić information content (AvgIpc) is 2.34. The van der Waals surface area contributed by atoms with Gasteiger partial charge in [0.15, 0.2) is 5.66 Å². The molecule has 0 radical (unpaired) electrons. The summed E-state index contributed by atoms with van der Waals surface area (Å²) in [6.45, 7) is 1.25. The molecule has 12 heteroatoms. The van der Waals surface area contributed by atoms with E-state index in [0.29, 0.717) is 0 Å². The van der Waals surface area contributed by atoms with Gasteiger partial charge < -0.3 is 10.1 Å². The summed E-state index contributed by atoms with van der Waals surface area (Å²) >= 11 is 5.81. The van der Waals surface area contributed by atoms with Crippen molar-refractivity contribution in [1.29, 1.82) is 0 Å². The molecule has 0 bridgehead atoms. The number of fused-ring (bicyclic) bond motifs is 1. The Morgan fingerprint density at radius 3 is 2.50 bits per heavy atom. The first-order valence-corrected chi connectivity index (χ1v) is 9.08. The minimum Gasteiger partial charge on any atom is -0.466 e. The van der Waals surface area contributed by atoms with Gasteiger partial charge >= 0.3 is 5.97 Å². The van der Waals surface area contributed by atoms with Crippen molar-refractivity contribution in [1.82, 2.24) is 4.72 Å². The number of anilines is 1. The monoisotopic (exact) mass is 369 g/mol. The van der Waals surface area contributed by atoms with E-state index in [-0.39, 0.29) is 10.7 Å². The largest absolute Gasteiger partial charge is 0.466 e. The second kappa shape index (κ2) is 5.06. The zero-order valence-corrected chi connectivity index (χ0v) is 13.8. The summed E-state index contributed by atoms with van der Waals surface area (Å²) < 4.78 is 54.0. The van der Waals surface area contributed by atoms with Gasteiger partial charge in [-0.05, 0) is 19.1 Å². The van der Waals surface area contributed by atoms with E-state index in [9.17, 15) is 21.6 Å². The number of methoxy groups -OCH3 is 1. The van der Waals surface area contributed by atoms with Crippen molar-refractivity contribution >= 4 is 43.3 Å². The SMILES string of the molecule is COC(=O)C1(C)Nc2cc(Cl)c(S(N)(=O)=O)cc2S(=O)(=O)N1. The number of carbonyl (C=O) groups is 1. The summed E-state index contributed by atoms with van der Waals surface area (Å²) in [6.07, 6.45) is 0. The molecule has 1 aliphatic rings. The lowest BCUT2D eigenvalue weighted by Crippen LogP contribution is -2.60. The summed E-state index contributed by atoms with van der Waals surface area (Å²) in [5.74, 6) is -0.881. The van der Waals surface area contributed by atoms with E-state index in [1.165, 1.54) is 6.92 Å². The van der Waals surface area contributed by atoms with E-state index in [1.54, 1.807) is 0 Å². The van der Waals surface area contributed by atoms with Crippen LogP contribution in [0.1, 0.15) is 6.92 Å². The quantitative estimate of drug-likeness (QED) is 0.600. The van der Waals surface area contributed by atoms with Crippen LogP contribution in [0.2, 0.25) is 5.02 Å². The molecule has 2 rings (SSSR count). The third kappa shape index (κ3) is 2.77. The Morgan fingerprint density at radius 2 is 2.00 bits per heavy atom. The maximum absolute atomic E-state index is 12.3. The van der Waals surface area contributed by atoms with Crippen LogP contribution in [0.15, 0.2) is 21.9 Å². The fourth-order valence-corrected chi connectivity index (χ4v) is 4.62. The maximum atomic E-state index is 12.3. The Balaban J connectivity index is 2.71. The van der Waals surface area contributed by atoms with Crippen LogP contribution < -0.4 is 15.2 Å². The van der Waals surface area contributed by atoms with Gasteiger partial charge in [-0.25, -0.2) is 26.8 Å². The van der Waals surface area contributed by atoms with E-state index >= 15 is 0 Å². The molecule has 1 aromatic carbocycles. The van der Waals surface area contributed by atoms with Crippen LogP contribution in [0.25, 0.3) is 0 Å². The van der Waals surface area contributed by atoms with E-state index in [2.05, 4.69) is 14.8 Å². The molecule has 122 valence electrons. The summed E-state index contributed by atoms with van der Waals surface area (Å²) in [4.78, 5) is 10.8. The molecule has 0 aromatic heterocycles. The highest BCUT2D eigenvalue weighted by Gasteiger charge is 2.44. The smallest absolute Gasteiger partial charge is 0.347 e. The van der Waals surface area contributed by atoms with Gasteiger partial charge in [0.05, 0.1) is 17.8 Å². The lowest BCUT2D eigenvalue weighted by atomic mass is 10.2. The van der Waals surface area contributed by atoms with Crippen LogP contribution >= 0.6 is 11.6 Å². The number of esters is 1. The Kier molecular flexibility index (Phi) is 3.90. The normalized spacial score (nSPS) is 23.3. The lowest BCUT2D eigenvalue weighted by Gasteiger charge is -2.34. The van der Waals surface area contributed by atoms with Gasteiger partial charge in [-0.2, -0.15) is 4.72 Å². The summed E-state index contributed by atoms with van der Waals surface area (Å²) in [6, 6.07) is 1.88.